The first-order valence-corrected chi connectivity index (χ1v) is 3.46. The minimum absolute atomic E-state index is 0.163. The number of hydrogen-bond donors (Lipinski definition) is 1. The molecule has 5 heteroatoms. The Morgan fingerprint density at radius 2 is 2.22 bits per heavy atom. The summed E-state index contributed by atoms with van der Waals surface area (Å²) >= 11 is 0. The SMILES string of the molecule is CCC(O)CO[Cl+2]([O-])[O-]. The van der Waals surface area contributed by atoms with Gasteiger partial charge in [0.2, 0.25) is 0 Å². The molecule has 0 aromatic rings. The van der Waals surface area contributed by atoms with Crippen LogP contribution in [0.5, 0.6) is 0 Å². The molecule has 0 aliphatic rings. The molecule has 9 heavy (non-hydrogen) atoms. The fourth-order valence-corrected chi connectivity index (χ4v) is 0.490. The summed E-state index contributed by atoms with van der Waals surface area (Å²) in [5, 5.41) is 8.70. The van der Waals surface area contributed by atoms with Crippen molar-refractivity contribution in [3.63, 3.8) is 0 Å². The molecule has 0 radical (unpaired) electrons. The lowest BCUT2D eigenvalue weighted by Crippen LogP contribution is -2.36. The van der Waals surface area contributed by atoms with Gasteiger partial charge in [-0.1, -0.05) is 6.92 Å². The summed E-state index contributed by atoms with van der Waals surface area (Å²) in [6.07, 6.45) is -0.196. The topological polar surface area (TPSA) is 75.6 Å². The van der Waals surface area contributed by atoms with E-state index in [1.165, 1.54) is 0 Å². The van der Waals surface area contributed by atoms with E-state index in [1.807, 2.05) is 0 Å². The number of rotatable bonds is 4. The predicted octanol–water partition coefficient (Wildman–Crippen LogP) is -2.14. The monoisotopic (exact) mass is 156 g/mol. The first kappa shape index (κ1) is 9.13. The van der Waals surface area contributed by atoms with E-state index >= 15 is 0 Å². The zero-order valence-electron chi connectivity index (χ0n) is 5.04. The summed E-state index contributed by atoms with van der Waals surface area (Å²) in [7, 11) is -2.20. The zero-order chi connectivity index (χ0) is 7.28. The minimum Gasteiger partial charge on any atom is -0.390 e. The highest BCUT2D eigenvalue weighted by molar-refractivity contribution is 4.44. The summed E-state index contributed by atoms with van der Waals surface area (Å²) in [6.45, 7) is 1.57. The van der Waals surface area contributed by atoms with Crippen molar-refractivity contribution in [2.45, 2.75) is 19.4 Å². The Labute approximate surface area is 56.5 Å². The van der Waals surface area contributed by atoms with Gasteiger partial charge in [-0.3, -0.25) is 0 Å². The van der Waals surface area contributed by atoms with Crippen LogP contribution in [0.25, 0.3) is 0 Å². The van der Waals surface area contributed by atoms with Gasteiger partial charge in [-0.15, -0.1) is 0 Å². The Hall–Kier alpha value is 0.130. The van der Waals surface area contributed by atoms with Crippen LogP contribution >= 0.6 is 0 Å². The van der Waals surface area contributed by atoms with Gasteiger partial charge in [-0.05, 0) is 6.42 Å². The van der Waals surface area contributed by atoms with Crippen molar-refractivity contribution in [2.75, 3.05) is 6.61 Å². The van der Waals surface area contributed by atoms with Crippen LogP contribution in [0.2, 0.25) is 0 Å². The molecule has 1 atom stereocenters. The standard InChI is InChI=1S/C4H9ClO4/c1-2-4(6)3-9-5(7)8/h4,6H,2-3H2,1H3. The molecule has 0 saturated heterocycles. The molecule has 0 bridgehead atoms. The first-order valence-electron chi connectivity index (χ1n) is 2.53. The smallest absolute Gasteiger partial charge is 0.285 e. The van der Waals surface area contributed by atoms with Gasteiger partial charge in [0.1, 0.15) is 0 Å². The van der Waals surface area contributed by atoms with Crippen LogP contribution in [0.1, 0.15) is 13.3 Å². The zero-order valence-corrected chi connectivity index (χ0v) is 5.80. The second-order valence-corrected chi connectivity index (χ2v) is 2.12. The molecule has 0 amide bonds. The molecule has 1 unspecified atom stereocenters. The third kappa shape index (κ3) is 6.01. The molecule has 56 valence electrons. The molecule has 0 aliphatic carbocycles. The van der Waals surface area contributed by atoms with Crippen molar-refractivity contribution in [1.82, 2.24) is 0 Å². The van der Waals surface area contributed by atoms with Crippen LogP contribution < -0.4 is 9.32 Å². The Balaban J connectivity index is 3.06. The van der Waals surface area contributed by atoms with Gasteiger partial charge >= 0.3 is 0 Å². The molecule has 0 heterocycles. The molecule has 0 aliphatic heterocycles. The van der Waals surface area contributed by atoms with Gasteiger partial charge in [0.05, 0.1) is 6.10 Å². The van der Waals surface area contributed by atoms with Crippen molar-refractivity contribution in [3.05, 3.63) is 0 Å². The fourth-order valence-electron chi connectivity index (χ4n) is 0.242. The molecule has 0 spiro atoms. The van der Waals surface area contributed by atoms with Crippen molar-refractivity contribution in [3.8, 4) is 0 Å². The van der Waals surface area contributed by atoms with Crippen molar-refractivity contribution >= 4 is 0 Å². The number of aliphatic hydroxyl groups excluding tert-OH is 1. The maximum atomic E-state index is 9.65. The van der Waals surface area contributed by atoms with Crippen LogP contribution in [0.15, 0.2) is 0 Å². The van der Waals surface area contributed by atoms with E-state index in [1.54, 1.807) is 6.92 Å². The van der Waals surface area contributed by atoms with E-state index in [2.05, 4.69) is 4.29 Å². The van der Waals surface area contributed by atoms with Crippen molar-refractivity contribution in [2.24, 2.45) is 0 Å². The Bertz CT molecular complexity index is 67.6. The average Bonchev–Trinajstić information content (AvgIpc) is 1.83. The second kappa shape index (κ2) is 4.96. The summed E-state index contributed by atoms with van der Waals surface area (Å²) in [6, 6.07) is 0. The highest BCUT2D eigenvalue weighted by atomic mass is 35.6. The highest BCUT2D eigenvalue weighted by Crippen LogP contribution is 1.90. The third-order valence-corrected chi connectivity index (χ3v) is 1.12. The Kier molecular flexibility index (Phi) is 5.03. The fraction of sp³-hybridized carbons (Fsp3) is 1.00. The molecule has 0 fully saturated rings. The lowest BCUT2D eigenvalue weighted by molar-refractivity contribution is -1.63. The average molecular weight is 157 g/mol. The van der Waals surface area contributed by atoms with Crippen molar-refractivity contribution < 1.29 is 29.5 Å². The van der Waals surface area contributed by atoms with Crippen LogP contribution in [0, 0.1) is 10.8 Å². The predicted molar refractivity (Wildman–Crippen MR) is 22.2 cm³/mol. The highest BCUT2D eigenvalue weighted by Gasteiger charge is 2.11. The largest absolute Gasteiger partial charge is 0.390 e. The molecule has 0 rings (SSSR count). The number of hydrogen-bond acceptors (Lipinski definition) is 4. The second-order valence-electron chi connectivity index (χ2n) is 1.53. The van der Waals surface area contributed by atoms with Gasteiger partial charge in [-0.2, -0.15) is 0 Å². The van der Waals surface area contributed by atoms with Crippen LogP contribution in [0.4, 0.5) is 0 Å². The minimum atomic E-state index is -2.20. The van der Waals surface area contributed by atoms with Gasteiger partial charge in [-0.25, -0.2) is 0 Å². The summed E-state index contributed by atoms with van der Waals surface area (Å²) in [5.41, 5.74) is 0. The quantitative estimate of drug-likeness (QED) is 0.504. The maximum Gasteiger partial charge on any atom is 0.285 e. The number of aliphatic hydroxyl groups is 1. The molecular weight excluding hydrogens is 147 g/mol. The van der Waals surface area contributed by atoms with E-state index in [0.717, 1.165) is 0 Å². The van der Waals surface area contributed by atoms with E-state index in [9.17, 15) is 9.32 Å². The van der Waals surface area contributed by atoms with Gasteiger partial charge in [0, 0.05) is 4.29 Å². The van der Waals surface area contributed by atoms with Gasteiger partial charge in [0.15, 0.2) is 6.61 Å². The van der Waals surface area contributed by atoms with Crippen LogP contribution in [-0.2, 0) is 4.29 Å². The lowest BCUT2D eigenvalue weighted by Gasteiger charge is -2.00. The van der Waals surface area contributed by atoms with E-state index in [0.29, 0.717) is 6.42 Å². The van der Waals surface area contributed by atoms with Gasteiger partial charge in [0.25, 0.3) is 10.8 Å². The number of halogens is 1. The first-order chi connectivity index (χ1) is 4.16. The molecule has 0 aromatic carbocycles. The van der Waals surface area contributed by atoms with E-state index in [4.69, 9.17) is 5.11 Å². The van der Waals surface area contributed by atoms with E-state index in [-0.39, 0.29) is 6.61 Å². The molecule has 0 saturated carbocycles. The van der Waals surface area contributed by atoms with E-state index < -0.39 is 16.9 Å². The molecule has 1 N–H and O–H groups in total. The summed E-state index contributed by atoms with van der Waals surface area (Å²) in [4.78, 5) is 0. The Morgan fingerprint density at radius 3 is 2.56 bits per heavy atom. The maximum absolute atomic E-state index is 9.65. The lowest BCUT2D eigenvalue weighted by atomic mass is 10.3. The van der Waals surface area contributed by atoms with Gasteiger partial charge < -0.3 is 14.4 Å². The summed E-state index contributed by atoms with van der Waals surface area (Å²) < 4.78 is 23.3. The third-order valence-electron chi connectivity index (χ3n) is 0.816. The molecule has 4 nitrogen and oxygen atoms in total. The summed E-state index contributed by atoms with van der Waals surface area (Å²) in [5.74, 6) is 0. The van der Waals surface area contributed by atoms with Crippen LogP contribution in [0.3, 0.4) is 0 Å². The van der Waals surface area contributed by atoms with Crippen molar-refractivity contribution in [1.29, 1.82) is 0 Å². The molecular formula is C4H9ClO4. The molecule has 0 aromatic heterocycles. The normalized spacial score (nSPS) is 14.3. The van der Waals surface area contributed by atoms with Crippen LogP contribution in [-0.4, -0.2) is 17.8 Å². The Morgan fingerprint density at radius 1 is 1.67 bits per heavy atom.